The first-order valence-electron chi connectivity index (χ1n) is 6.63. The second kappa shape index (κ2) is 6.00. The average Bonchev–Trinajstić information content (AvgIpc) is 2.37. The fourth-order valence-electron chi connectivity index (χ4n) is 2.48. The summed E-state index contributed by atoms with van der Waals surface area (Å²) in [6.45, 7) is 1.53. The number of nitrogens with two attached hydrogens (primary N) is 1. The number of piperidine rings is 1. The summed E-state index contributed by atoms with van der Waals surface area (Å²) in [7, 11) is -2.00. The number of likely N-dealkylation sites (N-methyl/N-ethyl adjacent to an activating group) is 1. The number of benzene rings is 1. The quantitative estimate of drug-likeness (QED) is 0.691. The second-order valence-electron chi connectivity index (χ2n) is 5.28. The van der Waals surface area contributed by atoms with Gasteiger partial charge < -0.3 is 15.7 Å². The van der Waals surface area contributed by atoms with E-state index in [1.54, 1.807) is 0 Å². The predicted molar refractivity (Wildman–Crippen MR) is 78.7 cm³/mol. The third-order valence-corrected chi connectivity index (χ3v) is 5.03. The lowest BCUT2D eigenvalue weighted by Gasteiger charge is -2.30. The molecule has 0 spiro atoms. The van der Waals surface area contributed by atoms with Crippen molar-refractivity contribution in [3.63, 3.8) is 0 Å². The van der Waals surface area contributed by atoms with Gasteiger partial charge in [-0.15, -0.1) is 0 Å². The Bertz CT molecular complexity index is 645. The predicted octanol–water partition coefficient (Wildman–Crippen LogP) is 0.340. The number of sulfonamides is 1. The molecule has 1 unspecified atom stereocenters. The molecule has 1 aromatic rings. The molecule has 7 nitrogen and oxygen atoms in total. The van der Waals surface area contributed by atoms with Crippen molar-refractivity contribution in [2.45, 2.75) is 23.8 Å². The van der Waals surface area contributed by atoms with Crippen LogP contribution in [0.5, 0.6) is 0 Å². The van der Waals surface area contributed by atoms with Crippen LogP contribution in [0, 0.1) is 0 Å². The van der Waals surface area contributed by atoms with Crippen LogP contribution in [0.4, 0.5) is 5.69 Å². The number of carboxylic acids is 1. The normalized spacial score (nSPS) is 20.3. The van der Waals surface area contributed by atoms with Crippen molar-refractivity contribution in [2.75, 3.05) is 25.9 Å². The average molecular weight is 313 g/mol. The maximum absolute atomic E-state index is 12.4. The number of nitrogens with one attached hydrogen (secondary N) is 1. The first kappa shape index (κ1) is 15.7. The van der Waals surface area contributed by atoms with Crippen molar-refractivity contribution in [2.24, 2.45) is 0 Å². The van der Waals surface area contributed by atoms with E-state index >= 15 is 0 Å². The van der Waals surface area contributed by atoms with E-state index in [1.807, 2.05) is 11.9 Å². The third-order valence-electron chi connectivity index (χ3n) is 3.47. The minimum Gasteiger partial charge on any atom is -0.478 e. The van der Waals surface area contributed by atoms with Gasteiger partial charge in [-0.2, -0.15) is 0 Å². The Balaban J connectivity index is 2.31. The lowest BCUT2D eigenvalue weighted by molar-refractivity contribution is 0.0692. The number of anilines is 1. The zero-order valence-corrected chi connectivity index (χ0v) is 12.6. The van der Waals surface area contributed by atoms with E-state index in [9.17, 15) is 13.2 Å². The monoisotopic (exact) mass is 313 g/mol. The molecule has 21 heavy (non-hydrogen) atoms. The highest BCUT2D eigenvalue weighted by Gasteiger charge is 2.27. The van der Waals surface area contributed by atoms with Gasteiger partial charge in [0.1, 0.15) is 0 Å². The molecule has 1 aliphatic rings. The molecule has 0 aromatic heterocycles. The molecule has 0 bridgehead atoms. The van der Waals surface area contributed by atoms with Crippen molar-refractivity contribution >= 4 is 21.7 Å². The van der Waals surface area contributed by atoms with Crippen LogP contribution >= 0.6 is 0 Å². The van der Waals surface area contributed by atoms with Crippen LogP contribution in [0.1, 0.15) is 23.2 Å². The summed E-state index contributed by atoms with van der Waals surface area (Å²) in [6.07, 6.45) is 1.63. The van der Waals surface area contributed by atoms with E-state index < -0.39 is 16.0 Å². The van der Waals surface area contributed by atoms with E-state index in [4.69, 9.17) is 10.8 Å². The first-order valence-corrected chi connectivity index (χ1v) is 8.11. The third kappa shape index (κ3) is 3.72. The van der Waals surface area contributed by atoms with Gasteiger partial charge in [0.25, 0.3) is 0 Å². The Labute approximate surface area is 123 Å². The van der Waals surface area contributed by atoms with Crippen LogP contribution in [0.2, 0.25) is 0 Å². The van der Waals surface area contributed by atoms with Gasteiger partial charge in [0, 0.05) is 18.3 Å². The Hall–Kier alpha value is -1.64. The van der Waals surface area contributed by atoms with Crippen molar-refractivity contribution in [3.8, 4) is 0 Å². The van der Waals surface area contributed by atoms with Crippen LogP contribution in [0.3, 0.4) is 0 Å². The molecule has 1 fully saturated rings. The number of carboxylic acid groups (broad SMARTS) is 1. The summed E-state index contributed by atoms with van der Waals surface area (Å²) in [5.41, 5.74) is 5.52. The number of aromatic carboxylic acids is 1. The van der Waals surface area contributed by atoms with Gasteiger partial charge in [0.15, 0.2) is 0 Å². The van der Waals surface area contributed by atoms with E-state index in [1.165, 1.54) is 18.2 Å². The standard InChI is InChI=1S/C13H19N3O4S/c1-16-6-2-3-10(8-16)15-21(19,20)12-7-9(14)4-5-11(12)13(17)18/h4-5,7,10,15H,2-3,6,8,14H2,1H3,(H,17,18). The molecule has 0 amide bonds. The van der Waals surface area contributed by atoms with Crippen LogP contribution in [-0.4, -0.2) is 50.6 Å². The van der Waals surface area contributed by atoms with E-state index in [2.05, 4.69) is 4.72 Å². The van der Waals surface area contributed by atoms with E-state index in [0.29, 0.717) is 6.54 Å². The first-order chi connectivity index (χ1) is 9.79. The summed E-state index contributed by atoms with van der Waals surface area (Å²) in [4.78, 5) is 12.9. The Morgan fingerprint density at radius 3 is 2.81 bits per heavy atom. The van der Waals surface area contributed by atoms with Gasteiger partial charge in [0.05, 0.1) is 10.5 Å². The Morgan fingerprint density at radius 1 is 1.48 bits per heavy atom. The van der Waals surface area contributed by atoms with E-state index in [0.717, 1.165) is 19.4 Å². The van der Waals surface area contributed by atoms with Crippen LogP contribution < -0.4 is 10.5 Å². The molecule has 1 heterocycles. The SMILES string of the molecule is CN1CCCC(NS(=O)(=O)c2cc(N)ccc2C(=O)O)C1. The molecule has 1 aliphatic heterocycles. The molecule has 116 valence electrons. The van der Waals surface area contributed by atoms with Gasteiger partial charge in [-0.25, -0.2) is 17.9 Å². The highest BCUT2D eigenvalue weighted by Crippen LogP contribution is 2.20. The van der Waals surface area contributed by atoms with Crippen LogP contribution in [-0.2, 0) is 10.0 Å². The zero-order chi connectivity index (χ0) is 15.6. The lowest BCUT2D eigenvalue weighted by Crippen LogP contribution is -2.46. The number of rotatable bonds is 4. The smallest absolute Gasteiger partial charge is 0.337 e. The minimum absolute atomic E-state index is 0.209. The number of hydrogen-bond acceptors (Lipinski definition) is 5. The number of hydrogen-bond donors (Lipinski definition) is 3. The van der Waals surface area contributed by atoms with Crippen molar-refractivity contribution in [1.82, 2.24) is 9.62 Å². The maximum atomic E-state index is 12.4. The number of nitrogens with zero attached hydrogens (tertiary/aromatic N) is 1. The minimum atomic E-state index is -3.92. The Kier molecular flexibility index (Phi) is 4.50. The largest absolute Gasteiger partial charge is 0.478 e. The molecular formula is C13H19N3O4S. The molecular weight excluding hydrogens is 294 g/mol. The van der Waals surface area contributed by atoms with Crippen molar-refractivity contribution in [3.05, 3.63) is 23.8 Å². The summed E-state index contributed by atoms with van der Waals surface area (Å²) in [5, 5.41) is 9.13. The highest BCUT2D eigenvalue weighted by molar-refractivity contribution is 7.89. The molecule has 4 N–H and O–H groups in total. The summed E-state index contributed by atoms with van der Waals surface area (Å²) >= 11 is 0. The molecule has 1 saturated heterocycles. The van der Waals surface area contributed by atoms with Crippen LogP contribution in [0.25, 0.3) is 0 Å². The highest BCUT2D eigenvalue weighted by atomic mass is 32.2. The fourth-order valence-corrected chi connectivity index (χ4v) is 3.98. The van der Waals surface area contributed by atoms with Gasteiger partial charge >= 0.3 is 5.97 Å². The second-order valence-corrected chi connectivity index (χ2v) is 6.97. The number of likely N-dealkylation sites (tertiary alicyclic amines) is 1. The zero-order valence-electron chi connectivity index (χ0n) is 11.7. The summed E-state index contributed by atoms with van der Waals surface area (Å²) in [5.74, 6) is -1.30. The molecule has 0 radical (unpaired) electrons. The molecule has 8 heteroatoms. The summed E-state index contributed by atoms with van der Waals surface area (Å²) < 4.78 is 27.4. The van der Waals surface area contributed by atoms with Gasteiger partial charge in [-0.3, -0.25) is 0 Å². The Morgan fingerprint density at radius 2 is 2.19 bits per heavy atom. The van der Waals surface area contributed by atoms with Crippen molar-refractivity contribution < 1.29 is 18.3 Å². The summed E-state index contributed by atoms with van der Waals surface area (Å²) in [6, 6.07) is 3.53. The fraction of sp³-hybridized carbons (Fsp3) is 0.462. The van der Waals surface area contributed by atoms with Gasteiger partial charge in [0.2, 0.25) is 10.0 Å². The maximum Gasteiger partial charge on any atom is 0.337 e. The van der Waals surface area contributed by atoms with Crippen molar-refractivity contribution in [1.29, 1.82) is 0 Å². The van der Waals surface area contributed by atoms with Gasteiger partial charge in [-0.05, 0) is 44.6 Å². The lowest BCUT2D eigenvalue weighted by atomic mass is 10.1. The van der Waals surface area contributed by atoms with Gasteiger partial charge in [-0.1, -0.05) is 0 Å². The molecule has 2 rings (SSSR count). The molecule has 0 saturated carbocycles. The molecule has 0 aliphatic carbocycles. The number of carbonyl (C=O) groups is 1. The van der Waals surface area contributed by atoms with E-state index in [-0.39, 0.29) is 22.2 Å². The molecule has 1 aromatic carbocycles. The molecule has 1 atom stereocenters. The topological polar surface area (TPSA) is 113 Å². The number of nitrogen functional groups attached to an aromatic ring is 1. The van der Waals surface area contributed by atoms with Crippen LogP contribution in [0.15, 0.2) is 23.1 Å².